The van der Waals surface area contributed by atoms with Crippen LogP contribution >= 0.6 is 30.9 Å². The number of nitrogens with two attached hydrogens (primary N) is 1. The predicted octanol–water partition coefficient (Wildman–Crippen LogP) is 3.02. The monoisotopic (exact) mass is 617 g/mol. The van der Waals surface area contributed by atoms with Crippen molar-refractivity contribution in [1.82, 2.24) is 24.6 Å². The third kappa shape index (κ3) is 6.44. The fourth-order valence-corrected chi connectivity index (χ4v) is 5.99. The molecule has 2 aromatic heterocycles. The number of esters is 1. The molecule has 0 amide bonds. The second-order valence-corrected chi connectivity index (χ2v) is 12.3. The Morgan fingerprint density at radius 2 is 1.98 bits per heavy atom. The number of carbonyl (C=O) groups excluding carboxylic acids is 1. The normalized spacial score (nSPS) is 22.6. The van der Waals surface area contributed by atoms with E-state index < -0.39 is 55.2 Å². The van der Waals surface area contributed by atoms with Gasteiger partial charge in [0.1, 0.15) is 24.0 Å². The molecule has 5 N–H and O–H groups in total. The number of anilines is 2. The zero-order valence-corrected chi connectivity index (χ0v) is 24.4. The van der Waals surface area contributed by atoms with Crippen LogP contribution in [0.25, 0.3) is 11.2 Å². The third-order valence-electron chi connectivity index (χ3n) is 5.74. The molecule has 3 heterocycles. The molecule has 0 radical (unpaired) electrons. The van der Waals surface area contributed by atoms with Crippen molar-refractivity contribution in [1.29, 1.82) is 0 Å². The molecule has 1 aliphatic heterocycles. The lowest BCUT2D eigenvalue weighted by Gasteiger charge is -2.25. The lowest BCUT2D eigenvalue weighted by molar-refractivity contribution is -0.149. The topological polar surface area (TPSA) is 185 Å². The van der Waals surface area contributed by atoms with Gasteiger partial charge in [-0.1, -0.05) is 41.4 Å². The Kier molecular flexibility index (Phi) is 9.10. The smallest absolute Gasteiger partial charge is 0.459 e. The summed E-state index contributed by atoms with van der Waals surface area (Å²) in [7, 11) is -2.60. The maximum atomic E-state index is 13.8. The average molecular weight is 618 g/mol. The van der Waals surface area contributed by atoms with Gasteiger partial charge in [0, 0.05) is 7.05 Å². The van der Waals surface area contributed by atoms with Gasteiger partial charge in [-0.15, -0.1) is 0 Å². The SMILES string of the molecule is CNc1nc(N)nc2c1ncn2[C@@H]1O[C@H](CO[P@](=O)(N[C@@H](C)C(=O)OC(C)C)Oc2ccccc2)[C@@H](O)C1(Cl)Cl. The van der Waals surface area contributed by atoms with E-state index in [0.717, 1.165) is 0 Å². The number of aliphatic hydroxyl groups is 1. The molecule has 14 nitrogen and oxygen atoms in total. The molecule has 1 fully saturated rings. The number of aliphatic hydroxyl groups excluding tert-OH is 1. The van der Waals surface area contributed by atoms with Crippen LogP contribution in [0.2, 0.25) is 0 Å². The Labute approximate surface area is 240 Å². The Balaban J connectivity index is 1.56. The van der Waals surface area contributed by atoms with E-state index in [-0.39, 0.29) is 17.3 Å². The molecule has 0 unspecified atom stereocenters. The van der Waals surface area contributed by atoms with E-state index in [9.17, 15) is 14.5 Å². The fourth-order valence-electron chi connectivity index (χ4n) is 3.89. The second-order valence-electron chi connectivity index (χ2n) is 9.18. The molecule has 3 aromatic rings. The molecule has 218 valence electrons. The van der Waals surface area contributed by atoms with Crippen LogP contribution in [-0.2, 0) is 23.4 Å². The molecule has 1 aromatic carbocycles. The number of imidazole rings is 1. The zero-order valence-electron chi connectivity index (χ0n) is 22.0. The summed E-state index contributed by atoms with van der Waals surface area (Å²) in [5.41, 5.74) is 6.45. The summed E-state index contributed by atoms with van der Waals surface area (Å²) in [5.74, 6) is -0.131. The maximum absolute atomic E-state index is 13.8. The molecule has 4 rings (SSSR count). The van der Waals surface area contributed by atoms with Gasteiger partial charge in [-0.3, -0.25) is 13.9 Å². The van der Waals surface area contributed by atoms with Crippen molar-refractivity contribution in [3.05, 3.63) is 36.7 Å². The first-order chi connectivity index (χ1) is 18.8. The van der Waals surface area contributed by atoms with Crippen molar-refractivity contribution in [2.45, 2.75) is 55.7 Å². The van der Waals surface area contributed by atoms with Crippen LogP contribution in [0.4, 0.5) is 11.8 Å². The van der Waals surface area contributed by atoms with Crippen LogP contribution in [0, 0.1) is 0 Å². The average Bonchev–Trinajstić information content (AvgIpc) is 3.40. The molecule has 17 heteroatoms. The number of nitrogen functional groups attached to an aromatic ring is 1. The molecule has 0 spiro atoms. The molecule has 0 bridgehead atoms. The lowest BCUT2D eigenvalue weighted by Crippen LogP contribution is -2.39. The predicted molar refractivity (Wildman–Crippen MR) is 148 cm³/mol. The summed E-state index contributed by atoms with van der Waals surface area (Å²) < 4.78 is 35.7. The third-order valence-corrected chi connectivity index (χ3v) is 8.21. The Morgan fingerprint density at radius 3 is 2.62 bits per heavy atom. The van der Waals surface area contributed by atoms with Gasteiger partial charge in [-0.05, 0) is 32.9 Å². The fraction of sp³-hybridized carbons (Fsp3) is 0.478. The van der Waals surface area contributed by atoms with Gasteiger partial charge in [0.15, 0.2) is 27.5 Å². The number of hydrogen-bond acceptors (Lipinski definition) is 12. The van der Waals surface area contributed by atoms with E-state index in [1.54, 1.807) is 51.2 Å². The number of nitrogens with zero attached hydrogens (tertiary/aromatic N) is 4. The Morgan fingerprint density at radius 1 is 1.27 bits per heavy atom. The largest absolute Gasteiger partial charge is 0.462 e. The number of carbonyl (C=O) groups is 1. The van der Waals surface area contributed by atoms with E-state index in [1.165, 1.54) is 17.8 Å². The number of fused-ring (bicyclic) bond motifs is 1. The van der Waals surface area contributed by atoms with Gasteiger partial charge in [0.05, 0.1) is 19.0 Å². The van der Waals surface area contributed by atoms with E-state index in [1.807, 2.05) is 0 Å². The van der Waals surface area contributed by atoms with Gasteiger partial charge >= 0.3 is 13.7 Å². The minimum absolute atomic E-state index is 0.0399. The van der Waals surface area contributed by atoms with E-state index in [2.05, 4.69) is 25.4 Å². The van der Waals surface area contributed by atoms with E-state index in [0.29, 0.717) is 11.3 Å². The standard InChI is InChI=1S/C23H30Cl2N7O7P/c1-12(2)37-20(34)13(3)31-40(35,39-14-8-6-5-7-9-14)36-10-15-17(33)23(24,25)21(38-15)32-11-28-16-18(27-4)29-22(26)30-19(16)32/h5-9,11-13,15,17,21,33H,10H2,1-4H3,(H,31,35)(H3,26,27,29,30)/t13-,15+,17+,21+,40+/m0/s1. The summed E-state index contributed by atoms with van der Waals surface area (Å²) >= 11 is 13.1. The highest BCUT2D eigenvalue weighted by molar-refractivity contribution is 7.52. The lowest BCUT2D eigenvalue weighted by atomic mass is 10.2. The van der Waals surface area contributed by atoms with Crippen LogP contribution < -0.4 is 20.7 Å². The van der Waals surface area contributed by atoms with Gasteiger partial charge < -0.3 is 30.2 Å². The number of halogens is 2. The number of aromatic nitrogens is 4. The first-order valence-electron chi connectivity index (χ1n) is 12.2. The van der Waals surface area contributed by atoms with E-state index in [4.69, 9.17) is 47.5 Å². The molecule has 40 heavy (non-hydrogen) atoms. The minimum Gasteiger partial charge on any atom is -0.462 e. The quantitative estimate of drug-likeness (QED) is 0.140. The maximum Gasteiger partial charge on any atom is 0.459 e. The van der Waals surface area contributed by atoms with Crippen molar-refractivity contribution in [3.63, 3.8) is 0 Å². The van der Waals surface area contributed by atoms with Gasteiger partial charge in [-0.2, -0.15) is 15.1 Å². The number of para-hydroxylation sites is 1. The highest BCUT2D eigenvalue weighted by Gasteiger charge is 2.56. The van der Waals surface area contributed by atoms with Crippen LogP contribution in [0.1, 0.15) is 27.0 Å². The summed E-state index contributed by atoms with van der Waals surface area (Å²) in [6.45, 7) is 4.33. The first-order valence-corrected chi connectivity index (χ1v) is 14.5. The van der Waals surface area contributed by atoms with Gasteiger partial charge in [0.2, 0.25) is 5.95 Å². The van der Waals surface area contributed by atoms with Crippen molar-refractivity contribution >= 4 is 59.8 Å². The number of alkyl halides is 2. The second kappa shape index (κ2) is 12.0. The number of ether oxygens (including phenoxy) is 2. The van der Waals surface area contributed by atoms with Crippen molar-refractivity contribution in [3.8, 4) is 5.75 Å². The molecule has 1 saturated heterocycles. The molecule has 1 aliphatic rings. The molecule has 5 atom stereocenters. The zero-order chi connectivity index (χ0) is 29.2. The summed E-state index contributed by atoms with van der Waals surface area (Å²) in [6.07, 6.45) is -2.93. The summed E-state index contributed by atoms with van der Waals surface area (Å²) in [6, 6.07) is 7.14. The van der Waals surface area contributed by atoms with Crippen LogP contribution in [0.5, 0.6) is 5.75 Å². The van der Waals surface area contributed by atoms with E-state index >= 15 is 0 Å². The highest BCUT2D eigenvalue weighted by Crippen LogP contribution is 2.50. The van der Waals surface area contributed by atoms with Crippen LogP contribution in [0.15, 0.2) is 36.7 Å². The Hall–Kier alpha value is -2.71. The minimum atomic E-state index is -4.24. The molecule has 0 aliphatic carbocycles. The summed E-state index contributed by atoms with van der Waals surface area (Å²) in [4.78, 5) is 25.0. The number of hydrogen-bond donors (Lipinski definition) is 4. The number of rotatable bonds is 11. The van der Waals surface area contributed by atoms with Crippen molar-refractivity contribution in [2.75, 3.05) is 24.7 Å². The number of benzene rings is 1. The highest BCUT2D eigenvalue weighted by atomic mass is 35.5. The van der Waals surface area contributed by atoms with Gasteiger partial charge in [-0.25, -0.2) is 9.55 Å². The molecular formula is C23H30Cl2N7O7P. The number of nitrogens with one attached hydrogen (secondary N) is 2. The van der Waals surface area contributed by atoms with Crippen LogP contribution in [0.3, 0.4) is 0 Å². The molecular weight excluding hydrogens is 588 g/mol. The van der Waals surface area contributed by atoms with Crippen molar-refractivity contribution < 1.29 is 33.0 Å². The van der Waals surface area contributed by atoms with Gasteiger partial charge in [0.25, 0.3) is 0 Å². The molecule has 0 saturated carbocycles. The Bertz CT molecular complexity index is 1390. The summed E-state index contributed by atoms with van der Waals surface area (Å²) in [5, 5.41) is 16.4. The van der Waals surface area contributed by atoms with Crippen LogP contribution in [-0.4, -0.2) is 72.9 Å². The first kappa shape index (κ1) is 30.3. The van der Waals surface area contributed by atoms with Crippen molar-refractivity contribution in [2.24, 2.45) is 0 Å².